The summed E-state index contributed by atoms with van der Waals surface area (Å²) in [5, 5.41) is 4.51. The van der Waals surface area contributed by atoms with E-state index in [-0.39, 0.29) is 17.5 Å². The number of rotatable bonds is 2. The van der Waals surface area contributed by atoms with Gasteiger partial charge in [0.15, 0.2) is 14.9 Å². The van der Waals surface area contributed by atoms with Gasteiger partial charge >= 0.3 is 0 Å². The third kappa shape index (κ3) is 4.10. The normalized spacial score (nSPS) is 29.1. The number of hydrogen-bond donors (Lipinski definition) is 2. The van der Waals surface area contributed by atoms with Crippen LogP contribution in [0, 0.1) is 0 Å². The van der Waals surface area contributed by atoms with E-state index in [2.05, 4.69) is 10.7 Å². The first-order valence-electron chi connectivity index (χ1n) is 4.39. The Bertz CT molecular complexity index is 344. The lowest BCUT2D eigenvalue weighted by Crippen LogP contribution is -2.49. The topological polar surface area (TPSA) is 61.4 Å². The maximum absolute atomic E-state index is 11.3. The molecule has 1 aliphatic heterocycles. The second-order valence-electron chi connectivity index (χ2n) is 3.68. The van der Waals surface area contributed by atoms with Gasteiger partial charge in [0.1, 0.15) is 0 Å². The second kappa shape index (κ2) is 4.82. The Balaban J connectivity index is 2.50. The number of thiocarbonyl (C=S) groups is 1. The Kier molecular flexibility index (Phi) is 4.16. The van der Waals surface area contributed by atoms with Crippen LogP contribution in [0.4, 0.5) is 0 Å². The molecule has 0 bridgehead atoms. The first kappa shape index (κ1) is 13.0. The molecule has 2 N–H and O–H groups in total. The Hall–Kier alpha value is -0.110. The minimum absolute atomic E-state index is 0.0107. The molecule has 0 saturated carbocycles. The SMILES string of the molecule is CN(C)NC(=S)N[C@H]1CS(=O)(=O)C[C@H]1Cl. The number of hydrazine groups is 1. The van der Waals surface area contributed by atoms with Crippen LogP contribution in [0.1, 0.15) is 0 Å². The summed E-state index contributed by atoms with van der Waals surface area (Å²) in [4.78, 5) is 0. The van der Waals surface area contributed by atoms with E-state index in [9.17, 15) is 8.42 Å². The summed E-state index contributed by atoms with van der Waals surface area (Å²) in [6.45, 7) is 0. The quantitative estimate of drug-likeness (QED) is 0.395. The van der Waals surface area contributed by atoms with Crippen LogP contribution in [-0.2, 0) is 9.84 Å². The molecule has 0 spiro atoms. The van der Waals surface area contributed by atoms with Crippen LogP contribution in [-0.4, -0.2) is 55.6 Å². The molecule has 1 saturated heterocycles. The van der Waals surface area contributed by atoms with Crippen LogP contribution in [0.2, 0.25) is 0 Å². The number of alkyl halides is 1. The molecule has 1 heterocycles. The molecular formula is C7H14ClN3O2S2. The van der Waals surface area contributed by atoms with Gasteiger partial charge in [0, 0.05) is 14.1 Å². The Morgan fingerprint density at radius 3 is 2.47 bits per heavy atom. The van der Waals surface area contributed by atoms with Crippen molar-refractivity contribution in [1.29, 1.82) is 0 Å². The summed E-state index contributed by atoms with van der Waals surface area (Å²) in [6.07, 6.45) is 0. The van der Waals surface area contributed by atoms with Crippen molar-refractivity contribution in [2.24, 2.45) is 0 Å². The van der Waals surface area contributed by atoms with E-state index in [1.54, 1.807) is 19.1 Å². The van der Waals surface area contributed by atoms with Gasteiger partial charge in [-0.15, -0.1) is 11.6 Å². The number of nitrogens with one attached hydrogen (secondary N) is 2. The molecule has 0 aromatic carbocycles. The van der Waals surface area contributed by atoms with Gasteiger partial charge < -0.3 is 5.32 Å². The molecule has 1 rings (SSSR count). The van der Waals surface area contributed by atoms with Gasteiger partial charge in [-0.3, -0.25) is 5.43 Å². The van der Waals surface area contributed by atoms with Crippen LogP contribution in [0.15, 0.2) is 0 Å². The third-order valence-corrected chi connectivity index (χ3v) is 4.51. The summed E-state index contributed by atoms with van der Waals surface area (Å²) in [5.41, 5.74) is 2.82. The van der Waals surface area contributed by atoms with Crippen molar-refractivity contribution in [1.82, 2.24) is 15.8 Å². The zero-order valence-electron chi connectivity index (χ0n) is 8.53. The highest BCUT2D eigenvalue weighted by atomic mass is 35.5. The highest BCUT2D eigenvalue weighted by molar-refractivity contribution is 7.91. The fourth-order valence-electron chi connectivity index (χ4n) is 1.34. The summed E-state index contributed by atoms with van der Waals surface area (Å²) >= 11 is 10.9. The zero-order valence-corrected chi connectivity index (χ0v) is 10.9. The van der Waals surface area contributed by atoms with Crippen LogP contribution in [0.5, 0.6) is 0 Å². The molecule has 2 atom stereocenters. The van der Waals surface area contributed by atoms with Gasteiger partial charge in [-0.25, -0.2) is 13.4 Å². The molecule has 15 heavy (non-hydrogen) atoms. The van der Waals surface area contributed by atoms with Gasteiger partial charge in [-0.1, -0.05) is 0 Å². The third-order valence-electron chi connectivity index (χ3n) is 1.92. The van der Waals surface area contributed by atoms with Crippen LogP contribution >= 0.6 is 23.8 Å². The molecule has 1 aliphatic rings. The van der Waals surface area contributed by atoms with Gasteiger partial charge in [-0.2, -0.15) is 0 Å². The number of nitrogens with zero attached hydrogens (tertiary/aromatic N) is 1. The Morgan fingerprint density at radius 2 is 2.07 bits per heavy atom. The van der Waals surface area contributed by atoms with E-state index in [1.807, 2.05) is 0 Å². The molecule has 1 fully saturated rings. The maximum atomic E-state index is 11.3. The maximum Gasteiger partial charge on any atom is 0.181 e. The second-order valence-corrected chi connectivity index (χ2v) is 6.80. The molecular weight excluding hydrogens is 258 g/mol. The van der Waals surface area contributed by atoms with E-state index in [0.29, 0.717) is 5.11 Å². The summed E-state index contributed by atoms with van der Waals surface area (Å²) in [6, 6.07) is -0.309. The van der Waals surface area contributed by atoms with Crippen molar-refractivity contribution in [2.75, 3.05) is 25.6 Å². The van der Waals surface area contributed by atoms with Gasteiger partial charge in [0.25, 0.3) is 0 Å². The minimum atomic E-state index is -3.01. The summed E-state index contributed by atoms with van der Waals surface area (Å²) in [7, 11) is 0.564. The molecule has 88 valence electrons. The highest BCUT2D eigenvalue weighted by Crippen LogP contribution is 2.17. The lowest BCUT2D eigenvalue weighted by molar-refractivity contribution is 0.358. The largest absolute Gasteiger partial charge is 0.356 e. The van der Waals surface area contributed by atoms with Gasteiger partial charge in [-0.05, 0) is 12.2 Å². The van der Waals surface area contributed by atoms with Crippen molar-refractivity contribution >= 4 is 38.8 Å². The van der Waals surface area contributed by atoms with E-state index in [4.69, 9.17) is 23.8 Å². The van der Waals surface area contributed by atoms with E-state index < -0.39 is 15.2 Å². The lowest BCUT2D eigenvalue weighted by atomic mass is 10.3. The first-order valence-corrected chi connectivity index (χ1v) is 7.06. The highest BCUT2D eigenvalue weighted by Gasteiger charge is 2.36. The number of halogens is 1. The monoisotopic (exact) mass is 271 g/mol. The van der Waals surface area contributed by atoms with Gasteiger partial charge in [0.2, 0.25) is 0 Å². The van der Waals surface area contributed by atoms with E-state index >= 15 is 0 Å². The predicted octanol–water partition coefficient (Wildman–Crippen LogP) is -0.668. The fourth-order valence-corrected chi connectivity index (χ4v) is 4.22. The van der Waals surface area contributed by atoms with Crippen LogP contribution in [0.25, 0.3) is 0 Å². The smallest absolute Gasteiger partial charge is 0.181 e. The average Bonchev–Trinajstić information content (AvgIpc) is 2.22. The van der Waals surface area contributed by atoms with Crippen LogP contribution in [0.3, 0.4) is 0 Å². The first-order chi connectivity index (χ1) is 6.80. The minimum Gasteiger partial charge on any atom is -0.356 e. The number of sulfone groups is 1. The Morgan fingerprint density at radius 1 is 1.47 bits per heavy atom. The molecule has 0 radical (unpaired) electrons. The Labute approximate surface area is 100 Å². The molecule has 5 nitrogen and oxygen atoms in total. The summed E-state index contributed by atoms with van der Waals surface area (Å²) in [5.74, 6) is 0.0488. The molecule has 0 aromatic heterocycles. The fraction of sp³-hybridized carbons (Fsp3) is 0.857. The molecule has 0 amide bonds. The molecule has 0 aromatic rings. The van der Waals surface area contributed by atoms with Crippen molar-refractivity contribution in [2.45, 2.75) is 11.4 Å². The van der Waals surface area contributed by atoms with Crippen molar-refractivity contribution in [3.05, 3.63) is 0 Å². The standard InChI is InChI=1S/C7H14ClN3O2S2/c1-11(2)10-7(14)9-6-4-15(12,13)3-5(6)8/h5-6H,3-4H2,1-2H3,(H2,9,10,14)/t5-,6+/m1/s1. The van der Waals surface area contributed by atoms with Gasteiger partial charge in [0.05, 0.1) is 22.9 Å². The molecule has 0 aliphatic carbocycles. The average molecular weight is 272 g/mol. The van der Waals surface area contributed by atoms with Crippen molar-refractivity contribution in [3.8, 4) is 0 Å². The molecule has 8 heteroatoms. The zero-order chi connectivity index (χ0) is 11.6. The van der Waals surface area contributed by atoms with Crippen molar-refractivity contribution < 1.29 is 8.42 Å². The van der Waals surface area contributed by atoms with E-state index in [1.165, 1.54) is 0 Å². The summed E-state index contributed by atoms with van der Waals surface area (Å²) < 4.78 is 22.5. The molecule has 0 unspecified atom stereocenters. The van der Waals surface area contributed by atoms with E-state index in [0.717, 1.165) is 0 Å². The van der Waals surface area contributed by atoms with Crippen molar-refractivity contribution in [3.63, 3.8) is 0 Å². The predicted molar refractivity (Wildman–Crippen MR) is 64.6 cm³/mol. The number of hydrogen-bond acceptors (Lipinski definition) is 4. The lowest BCUT2D eigenvalue weighted by Gasteiger charge is -2.20. The van der Waals surface area contributed by atoms with Crippen LogP contribution < -0.4 is 10.7 Å².